The molecule has 0 saturated heterocycles. The summed E-state index contributed by atoms with van der Waals surface area (Å²) in [6, 6.07) is 11.6. The summed E-state index contributed by atoms with van der Waals surface area (Å²) in [5.41, 5.74) is 4.47. The molecule has 1 aliphatic carbocycles. The van der Waals surface area contributed by atoms with Gasteiger partial charge in [-0.05, 0) is 70.7 Å². The van der Waals surface area contributed by atoms with Crippen molar-refractivity contribution in [2.24, 2.45) is 0 Å². The van der Waals surface area contributed by atoms with Gasteiger partial charge in [0, 0.05) is 5.56 Å². The Morgan fingerprint density at radius 1 is 1.18 bits per heavy atom. The first-order valence-corrected chi connectivity index (χ1v) is 11.5. The highest BCUT2D eigenvalue weighted by molar-refractivity contribution is 5.90. The second-order valence-corrected chi connectivity index (χ2v) is 9.27. The molecule has 1 unspecified atom stereocenters. The van der Waals surface area contributed by atoms with E-state index in [1.54, 1.807) is 11.6 Å². The van der Waals surface area contributed by atoms with Crippen molar-refractivity contribution in [2.45, 2.75) is 59.1 Å². The van der Waals surface area contributed by atoms with Crippen LogP contribution < -0.4 is 5.32 Å². The number of pyridine rings is 1. The van der Waals surface area contributed by atoms with Crippen LogP contribution in [0.1, 0.15) is 67.3 Å². The summed E-state index contributed by atoms with van der Waals surface area (Å²) < 4.78 is 12.2. The van der Waals surface area contributed by atoms with E-state index in [0.29, 0.717) is 23.7 Å². The first-order chi connectivity index (χ1) is 16.2. The maximum absolute atomic E-state index is 12.5. The molecule has 0 saturated carbocycles. The molecule has 0 aliphatic heterocycles. The Balaban J connectivity index is 1.67. The van der Waals surface area contributed by atoms with Crippen LogP contribution >= 0.6 is 0 Å². The van der Waals surface area contributed by atoms with Crippen molar-refractivity contribution in [3.8, 4) is 17.1 Å². The van der Waals surface area contributed by atoms with E-state index in [1.165, 1.54) is 11.8 Å². The van der Waals surface area contributed by atoms with Gasteiger partial charge >= 0.3 is 12.1 Å². The predicted octanol–water partition coefficient (Wildman–Crippen LogP) is 4.93. The molecular weight excluding hydrogens is 432 g/mol. The number of nitrogens with zero attached hydrogens (tertiary/aromatic N) is 3. The van der Waals surface area contributed by atoms with Gasteiger partial charge in [-0.1, -0.05) is 24.3 Å². The fourth-order valence-corrected chi connectivity index (χ4v) is 4.25. The highest BCUT2D eigenvalue weighted by Crippen LogP contribution is 2.38. The van der Waals surface area contributed by atoms with E-state index in [1.807, 2.05) is 58.0 Å². The second kappa shape index (κ2) is 9.29. The van der Waals surface area contributed by atoms with Gasteiger partial charge in [0.1, 0.15) is 11.2 Å². The number of hydrogen-bond acceptors (Lipinski definition) is 6. The molecule has 8 heteroatoms. The molecule has 1 atom stereocenters. The Morgan fingerprint density at radius 3 is 2.68 bits per heavy atom. The number of fused-ring (bicyclic) bond motifs is 1. The zero-order chi connectivity index (χ0) is 24.5. The number of aromatic nitrogens is 3. The number of hydrogen-bond donors (Lipinski definition) is 1. The molecule has 1 N–H and O–H groups in total. The number of carbonyl (C=O) groups is 2. The molecule has 1 aromatic carbocycles. The monoisotopic (exact) mass is 462 g/mol. The smallest absolute Gasteiger partial charge is 0.408 e. The summed E-state index contributed by atoms with van der Waals surface area (Å²) in [4.78, 5) is 29.5. The zero-order valence-corrected chi connectivity index (χ0v) is 20.2. The van der Waals surface area contributed by atoms with Gasteiger partial charge in [-0.25, -0.2) is 19.3 Å². The third-order valence-corrected chi connectivity index (χ3v) is 5.67. The maximum Gasteiger partial charge on any atom is 0.408 e. The Kier molecular flexibility index (Phi) is 6.41. The lowest BCUT2D eigenvalue weighted by molar-refractivity contribution is 0.0499. The highest BCUT2D eigenvalue weighted by Gasteiger charge is 2.29. The number of amides is 1. The minimum Gasteiger partial charge on any atom is -0.462 e. The minimum absolute atomic E-state index is 0.159. The van der Waals surface area contributed by atoms with E-state index in [2.05, 4.69) is 16.5 Å². The number of aryl methyl sites for hydroxylation is 1. The number of rotatable bonds is 5. The Labute approximate surface area is 199 Å². The molecule has 8 nitrogen and oxygen atoms in total. The third-order valence-electron chi connectivity index (χ3n) is 5.67. The number of nitrogens with one attached hydrogen (secondary N) is 1. The average molecular weight is 463 g/mol. The molecule has 4 rings (SSSR count). The standard InChI is InChI=1S/C26H30N4O4/c1-6-33-24(31)19-15-27-30(16(19)2)22-12-8-11-20(28-22)18-10-7-9-17-13-14-21(23(17)18)29-25(32)34-26(3,4)5/h7-12,15,21H,6,13-14H2,1-5H3,(H,29,32). The summed E-state index contributed by atoms with van der Waals surface area (Å²) in [6.07, 6.45) is 2.74. The molecule has 2 aromatic heterocycles. The van der Waals surface area contributed by atoms with Crippen LogP contribution in [0, 0.1) is 6.92 Å². The summed E-state index contributed by atoms with van der Waals surface area (Å²) in [6.45, 7) is 9.43. The van der Waals surface area contributed by atoms with Gasteiger partial charge in [-0.15, -0.1) is 0 Å². The van der Waals surface area contributed by atoms with Crippen molar-refractivity contribution in [2.75, 3.05) is 6.61 Å². The van der Waals surface area contributed by atoms with Gasteiger partial charge in [-0.3, -0.25) is 0 Å². The second-order valence-electron chi connectivity index (χ2n) is 9.27. The summed E-state index contributed by atoms with van der Waals surface area (Å²) in [7, 11) is 0. The van der Waals surface area contributed by atoms with Crippen molar-refractivity contribution in [3.05, 3.63) is 65.0 Å². The van der Waals surface area contributed by atoms with E-state index in [-0.39, 0.29) is 6.04 Å². The van der Waals surface area contributed by atoms with Crippen LogP contribution in [0.2, 0.25) is 0 Å². The molecule has 0 bridgehead atoms. The van der Waals surface area contributed by atoms with Crippen molar-refractivity contribution in [3.63, 3.8) is 0 Å². The lowest BCUT2D eigenvalue weighted by atomic mass is 9.98. The van der Waals surface area contributed by atoms with Crippen LogP contribution in [-0.4, -0.2) is 39.0 Å². The van der Waals surface area contributed by atoms with Crippen LogP contribution in [0.15, 0.2) is 42.6 Å². The van der Waals surface area contributed by atoms with Gasteiger partial charge < -0.3 is 14.8 Å². The van der Waals surface area contributed by atoms with Crippen molar-refractivity contribution >= 4 is 12.1 Å². The van der Waals surface area contributed by atoms with Crippen molar-refractivity contribution in [1.82, 2.24) is 20.1 Å². The summed E-state index contributed by atoms with van der Waals surface area (Å²) in [5, 5.41) is 7.39. The molecule has 178 valence electrons. The lowest BCUT2D eigenvalue weighted by Crippen LogP contribution is -2.34. The van der Waals surface area contributed by atoms with Crippen molar-refractivity contribution < 1.29 is 19.1 Å². The normalized spacial score (nSPS) is 15.0. The predicted molar refractivity (Wildman–Crippen MR) is 128 cm³/mol. The van der Waals surface area contributed by atoms with Crippen LogP contribution in [0.5, 0.6) is 0 Å². The molecule has 2 heterocycles. The fraction of sp³-hybridized carbons (Fsp3) is 0.385. The fourth-order valence-electron chi connectivity index (χ4n) is 4.25. The molecule has 0 fully saturated rings. The SMILES string of the molecule is CCOC(=O)c1cnn(-c2cccc(-c3cccc4c3C(NC(=O)OC(C)(C)C)CC4)n2)c1C. The lowest BCUT2D eigenvalue weighted by Gasteiger charge is -2.23. The highest BCUT2D eigenvalue weighted by atomic mass is 16.6. The molecule has 0 radical (unpaired) electrons. The molecule has 3 aromatic rings. The molecular formula is C26H30N4O4. The van der Waals surface area contributed by atoms with E-state index < -0.39 is 17.7 Å². The van der Waals surface area contributed by atoms with Gasteiger partial charge in [-0.2, -0.15) is 5.10 Å². The number of benzene rings is 1. The van der Waals surface area contributed by atoms with Gasteiger partial charge in [0.2, 0.25) is 0 Å². The zero-order valence-electron chi connectivity index (χ0n) is 20.2. The van der Waals surface area contributed by atoms with E-state index >= 15 is 0 Å². The molecule has 34 heavy (non-hydrogen) atoms. The number of esters is 1. The number of carbonyl (C=O) groups excluding carboxylic acids is 2. The molecule has 1 amide bonds. The van der Waals surface area contributed by atoms with Crippen LogP contribution in [-0.2, 0) is 15.9 Å². The van der Waals surface area contributed by atoms with E-state index in [9.17, 15) is 9.59 Å². The quantitative estimate of drug-likeness (QED) is 0.540. The first kappa shape index (κ1) is 23.5. The van der Waals surface area contributed by atoms with E-state index in [0.717, 1.165) is 29.7 Å². The van der Waals surface area contributed by atoms with Crippen LogP contribution in [0.25, 0.3) is 17.1 Å². The summed E-state index contributed by atoms with van der Waals surface area (Å²) >= 11 is 0. The molecule has 1 aliphatic rings. The topological polar surface area (TPSA) is 95.3 Å². The largest absolute Gasteiger partial charge is 0.462 e. The minimum atomic E-state index is -0.565. The van der Waals surface area contributed by atoms with Crippen molar-refractivity contribution in [1.29, 1.82) is 0 Å². The van der Waals surface area contributed by atoms with E-state index in [4.69, 9.17) is 14.5 Å². The average Bonchev–Trinajstić information content (AvgIpc) is 3.36. The maximum atomic E-state index is 12.5. The van der Waals surface area contributed by atoms with Gasteiger partial charge in [0.05, 0.1) is 30.2 Å². The van der Waals surface area contributed by atoms with Crippen LogP contribution in [0.4, 0.5) is 4.79 Å². The van der Waals surface area contributed by atoms with Crippen LogP contribution in [0.3, 0.4) is 0 Å². The first-order valence-electron chi connectivity index (χ1n) is 11.5. The van der Waals surface area contributed by atoms with Gasteiger partial charge in [0.15, 0.2) is 5.82 Å². The van der Waals surface area contributed by atoms with Gasteiger partial charge in [0.25, 0.3) is 0 Å². The summed E-state index contributed by atoms with van der Waals surface area (Å²) in [5.74, 6) is 0.192. The number of alkyl carbamates (subject to hydrolysis) is 1. The molecule has 0 spiro atoms. The Morgan fingerprint density at radius 2 is 1.94 bits per heavy atom. The number of ether oxygens (including phenoxy) is 2. The Hall–Kier alpha value is -3.68. The Bertz CT molecular complexity index is 1230. The third kappa shape index (κ3) is 4.81.